The normalized spacial score (nSPS) is 20.1. The average molecular weight is 398 g/mol. The van der Waals surface area contributed by atoms with E-state index in [9.17, 15) is 9.59 Å². The van der Waals surface area contributed by atoms with Gasteiger partial charge in [0.2, 0.25) is 5.91 Å². The number of hydrogen-bond acceptors (Lipinski definition) is 4. The minimum Gasteiger partial charge on any atom is -0.339 e. The zero-order valence-corrected chi connectivity index (χ0v) is 18.0. The minimum absolute atomic E-state index is 0.0463. The van der Waals surface area contributed by atoms with Crippen molar-refractivity contribution in [2.24, 2.45) is 0 Å². The van der Waals surface area contributed by atoms with Crippen LogP contribution in [-0.2, 0) is 11.2 Å². The fraction of sp³-hybridized carbons (Fsp3) is 0.583. The van der Waals surface area contributed by atoms with Crippen molar-refractivity contribution >= 4 is 11.7 Å². The lowest BCUT2D eigenvalue weighted by atomic mass is 10.0. The maximum Gasteiger partial charge on any atom is 0.246 e. The van der Waals surface area contributed by atoms with Gasteiger partial charge in [0.15, 0.2) is 5.78 Å². The summed E-state index contributed by atoms with van der Waals surface area (Å²) in [5, 5.41) is 0. The van der Waals surface area contributed by atoms with E-state index in [1.807, 2.05) is 29.2 Å². The molecule has 1 aromatic rings. The molecule has 0 aromatic heterocycles. The van der Waals surface area contributed by atoms with Gasteiger partial charge in [-0.1, -0.05) is 37.6 Å². The second kappa shape index (κ2) is 10.7. The number of ketones is 1. The van der Waals surface area contributed by atoms with Gasteiger partial charge < -0.3 is 9.80 Å². The van der Waals surface area contributed by atoms with Crippen LogP contribution >= 0.6 is 0 Å². The van der Waals surface area contributed by atoms with Crippen molar-refractivity contribution in [1.29, 1.82) is 0 Å². The Hall–Kier alpha value is -1.98. The number of nitrogens with zero attached hydrogens (tertiary/aromatic N) is 3. The second-order valence-electron chi connectivity index (χ2n) is 8.39. The highest BCUT2D eigenvalue weighted by Gasteiger charge is 2.27. The van der Waals surface area contributed by atoms with Gasteiger partial charge in [0, 0.05) is 43.9 Å². The molecular formula is C24H35N3O2. The molecule has 5 nitrogen and oxygen atoms in total. The number of rotatable bonds is 6. The largest absolute Gasteiger partial charge is 0.339 e. The molecule has 2 aliphatic rings. The molecule has 158 valence electrons. The van der Waals surface area contributed by atoms with Gasteiger partial charge in [-0.05, 0) is 57.5 Å². The predicted molar refractivity (Wildman–Crippen MR) is 117 cm³/mol. The zero-order valence-electron chi connectivity index (χ0n) is 18.0. The molecule has 0 bridgehead atoms. The Balaban J connectivity index is 1.47. The van der Waals surface area contributed by atoms with Crippen molar-refractivity contribution < 1.29 is 9.59 Å². The van der Waals surface area contributed by atoms with E-state index in [4.69, 9.17) is 0 Å². The predicted octanol–water partition coefficient (Wildman–Crippen LogP) is 3.01. The van der Waals surface area contributed by atoms with Crippen LogP contribution in [0.15, 0.2) is 36.4 Å². The standard InChI is InChI=1S/C24H35N3O2/c1-3-5-20-6-8-21(9-7-20)23(28)10-11-24(29)27-16-12-22(13-17-27)26-15-4-14-25(2)18-19-26/h6-11,22H,3-5,12-19H2,1-2H3. The number of amides is 1. The van der Waals surface area contributed by atoms with Crippen LogP contribution in [0.25, 0.3) is 0 Å². The van der Waals surface area contributed by atoms with Gasteiger partial charge in [0.05, 0.1) is 0 Å². The molecule has 29 heavy (non-hydrogen) atoms. The van der Waals surface area contributed by atoms with Crippen LogP contribution in [0.4, 0.5) is 0 Å². The minimum atomic E-state index is -0.107. The Kier molecular flexibility index (Phi) is 8.01. The van der Waals surface area contributed by atoms with E-state index in [-0.39, 0.29) is 11.7 Å². The Labute approximate surface area is 175 Å². The van der Waals surface area contributed by atoms with Gasteiger partial charge in [-0.3, -0.25) is 14.5 Å². The molecule has 0 unspecified atom stereocenters. The van der Waals surface area contributed by atoms with Crippen LogP contribution in [0, 0.1) is 0 Å². The molecule has 1 aromatic carbocycles. The van der Waals surface area contributed by atoms with Gasteiger partial charge in [0.1, 0.15) is 0 Å². The van der Waals surface area contributed by atoms with E-state index < -0.39 is 0 Å². The number of likely N-dealkylation sites (tertiary alicyclic amines) is 1. The van der Waals surface area contributed by atoms with Crippen LogP contribution in [0.1, 0.15) is 48.5 Å². The molecule has 0 spiro atoms. The van der Waals surface area contributed by atoms with Crippen molar-refractivity contribution in [3.05, 3.63) is 47.5 Å². The van der Waals surface area contributed by atoms with Gasteiger partial charge in [-0.2, -0.15) is 0 Å². The Morgan fingerprint density at radius 1 is 0.966 bits per heavy atom. The SMILES string of the molecule is CCCc1ccc(C(=O)C=CC(=O)N2CCC(N3CCCN(C)CC3)CC2)cc1. The summed E-state index contributed by atoms with van der Waals surface area (Å²) in [6, 6.07) is 8.28. The first-order chi connectivity index (χ1) is 14.1. The molecule has 0 aliphatic carbocycles. The van der Waals surface area contributed by atoms with E-state index in [0.29, 0.717) is 11.6 Å². The molecule has 2 aliphatic heterocycles. The van der Waals surface area contributed by atoms with E-state index >= 15 is 0 Å². The van der Waals surface area contributed by atoms with Crippen molar-refractivity contribution in [2.75, 3.05) is 46.3 Å². The molecule has 0 radical (unpaired) electrons. The molecule has 0 saturated carbocycles. The molecule has 1 amide bonds. The number of benzene rings is 1. The molecule has 2 heterocycles. The molecule has 0 N–H and O–H groups in total. The fourth-order valence-electron chi connectivity index (χ4n) is 4.36. The number of aryl methyl sites for hydroxylation is 1. The van der Waals surface area contributed by atoms with Gasteiger partial charge >= 0.3 is 0 Å². The second-order valence-corrected chi connectivity index (χ2v) is 8.39. The molecule has 0 atom stereocenters. The fourth-order valence-corrected chi connectivity index (χ4v) is 4.36. The van der Waals surface area contributed by atoms with E-state index in [1.54, 1.807) is 0 Å². The number of hydrogen-bond donors (Lipinski definition) is 0. The van der Waals surface area contributed by atoms with Gasteiger partial charge in [0.25, 0.3) is 0 Å². The summed E-state index contributed by atoms with van der Waals surface area (Å²) in [5.74, 6) is -0.153. The average Bonchev–Trinajstić information content (AvgIpc) is 2.97. The first-order valence-electron chi connectivity index (χ1n) is 11.1. The lowest BCUT2D eigenvalue weighted by Gasteiger charge is -2.37. The Bertz CT molecular complexity index is 705. The number of piperidine rings is 1. The first-order valence-corrected chi connectivity index (χ1v) is 11.1. The monoisotopic (exact) mass is 397 g/mol. The van der Waals surface area contributed by atoms with Gasteiger partial charge in [-0.25, -0.2) is 0 Å². The van der Waals surface area contributed by atoms with Crippen LogP contribution in [0.2, 0.25) is 0 Å². The maximum atomic E-state index is 12.5. The summed E-state index contributed by atoms with van der Waals surface area (Å²) >= 11 is 0. The quantitative estimate of drug-likeness (QED) is 0.547. The molecule has 5 heteroatoms. The van der Waals surface area contributed by atoms with Crippen LogP contribution in [-0.4, -0.2) is 78.7 Å². The third kappa shape index (κ3) is 6.25. The van der Waals surface area contributed by atoms with Crippen LogP contribution in [0.5, 0.6) is 0 Å². The topological polar surface area (TPSA) is 43.9 Å². The number of likely N-dealkylation sites (N-methyl/N-ethyl adjacent to an activating group) is 1. The Morgan fingerprint density at radius 3 is 2.38 bits per heavy atom. The number of allylic oxidation sites excluding steroid dienone is 1. The summed E-state index contributed by atoms with van der Waals surface area (Å²) in [5.41, 5.74) is 1.88. The van der Waals surface area contributed by atoms with E-state index in [0.717, 1.165) is 58.4 Å². The summed E-state index contributed by atoms with van der Waals surface area (Å²) in [6.45, 7) is 8.29. The zero-order chi connectivity index (χ0) is 20.6. The third-order valence-electron chi connectivity index (χ3n) is 6.20. The summed E-state index contributed by atoms with van der Waals surface area (Å²) in [7, 11) is 2.19. The van der Waals surface area contributed by atoms with E-state index in [2.05, 4.69) is 23.8 Å². The smallest absolute Gasteiger partial charge is 0.246 e. The van der Waals surface area contributed by atoms with Crippen molar-refractivity contribution in [3.8, 4) is 0 Å². The highest BCUT2D eigenvalue weighted by Crippen LogP contribution is 2.18. The van der Waals surface area contributed by atoms with E-state index in [1.165, 1.54) is 30.7 Å². The van der Waals surface area contributed by atoms with Crippen LogP contribution in [0.3, 0.4) is 0 Å². The van der Waals surface area contributed by atoms with Crippen molar-refractivity contribution in [1.82, 2.24) is 14.7 Å². The summed E-state index contributed by atoms with van der Waals surface area (Å²) < 4.78 is 0. The summed E-state index contributed by atoms with van der Waals surface area (Å²) in [4.78, 5) is 31.8. The van der Waals surface area contributed by atoms with Crippen molar-refractivity contribution in [2.45, 2.75) is 45.1 Å². The number of carbonyl (C=O) groups is 2. The molecule has 3 rings (SSSR count). The highest BCUT2D eigenvalue weighted by molar-refractivity contribution is 6.07. The van der Waals surface area contributed by atoms with Gasteiger partial charge in [-0.15, -0.1) is 0 Å². The Morgan fingerprint density at radius 2 is 1.69 bits per heavy atom. The lowest BCUT2D eigenvalue weighted by Crippen LogP contribution is -2.47. The lowest BCUT2D eigenvalue weighted by molar-refractivity contribution is -0.127. The van der Waals surface area contributed by atoms with Crippen LogP contribution < -0.4 is 0 Å². The molecular weight excluding hydrogens is 362 g/mol. The maximum absolute atomic E-state index is 12.5. The first kappa shape index (κ1) is 21.7. The number of carbonyl (C=O) groups excluding carboxylic acids is 2. The molecule has 2 fully saturated rings. The highest BCUT2D eigenvalue weighted by atomic mass is 16.2. The molecule has 2 saturated heterocycles. The third-order valence-corrected chi connectivity index (χ3v) is 6.20. The summed E-state index contributed by atoms with van der Waals surface area (Å²) in [6.07, 6.45) is 8.25. The van der Waals surface area contributed by atoms with Crippen molar-refractivity contribution in [3.63, 3.8) is 0 Å².